The van der Waals surface area contributed by atoms with Gasteiger partial charge in [0, 0.05) is 10.2 Å². The molecule has 0 saturated carbocycles. The highest BCUT2D eigenvalue weighted by molar-refractivity contribution is 9.10. The lowest BCUT2D eigenvalue weighted by molar-refractivity contribution is -0.142. The molecule has 2 N–H and O–H groups in total. The van der Waals surface area contributed by atoms with Crippen molar-refractivity contribution in [2.24, 2.45) is 5.73 Å². The minimum absolute atomic E-state index is 0.358. The van der Waals surface area contributed by atoms with E-state index in [0.29, 0.717) is 6.42 Å². The molecule has 1 unspecified atom stereocenters. The van der Waals surface area contributed by atoms with Crippen LogP contribution in [0.15, 0.2) is 22.7 Å². The monoisotopic (exact) mass is 347 g/mol. The molecule has 1 aromatic rings. The fraction of sp³-hybridized carbons (Fsp3) is 0.462. The quantitative estimate of drug-likeness (QED) is 0.606. The molecule has 0 bridgehead atoms. The van der Waals surface area contributed by atoms with Crippen molar-refractivity contribution in [3.05, 3.63) is 28.2 Å². The predicted molar refractivity (Wildman–Crippen MR) is 81.5 cm³/mol. The summed E-state index contributed by atoms with van der Waals surface area (Å²) in [7, 11) is 3.00. The second-order valence-electron chi connectivity index (χ2n) is 3.93. The molecule has 6 heteroatoms. The normalized spacial score (nSPS) is 12.0. The molecule has 0 radical (unpaired) electrons. The summed E-state index contributed by atoms with van der Waals surface area (Å²) in [5, 5.41) is 0. The van der Waals surface area contributed by atoms with Crippen molar-refractivity contribution in [2.45, 2.75) is 18.2 Å². The standard InChI is InChI=1S/C13H18BrNO3S/c1-17-10-3-4-11(14)9(7-10)8-19-6-5-12(15)13(16)18-2/h3-4,7,12H,5-6,8,15H2,1-2H3. The van der Waals surface area contributed by atoms with Crippen LogP contribution in [0.2, 0.25) is 0 Å². The van der Waals surface area contributed by atoms with Crippen LogP contribution in [0.3, 0.4) is 0 Å². The molecule has 0 aromatic heterocycles. The Hall–Kier alpha value is -0.720. The second kappa shape index (κ2) is 8.45. The Labute approximate surface area is 126 Å². The number of hydrogen-bond donors (Lipinski definition) is 1. The highest BCUT2D eigenvalue weighted by Gasteiger charge is 2.13. The maximum absolute atomic E-state index is 11.1. The van der Waals surface area contributed by atoms with Gasteiger partial charge in [-0.2, -0.15) is 11.8 Å². The number of esters is 1. The molecule has 1 atom stereocenters. The summed E-state index contributed by atoms with van der Waals surface area (Å²) in [6.07, 6.45) is 0.610. The average Bonchev–Trinajstić information content (AvgIpc) is 2.44. The maximum Gasteiger partial charge on any atom is 0.322 e. The lowest BCUT2D eigenvalue weighted by atomic mass is 10.2. The van der Waals surface area contributed by atoms with Gasteiger partial charge < -0.3 is 15.2 Å². The number of halogens is 1. The molecule has 0 spiro atoms. The van der Waals surface area contributed by atoms with Crippen LogP contribution in [0.5, 0.6) is 5.75 Å². The zero-order chi connectivity index (χ0) is 14.3. The number of carbonyl (C=O) groups is 1. The van der Waals surface area contributed by atoms with Crippen LogP contribution >= 0.6 is 27.7 Å². The van der Waals surface area contributed by atoms with E-state index in [4.69, 9.17) is 10.5 Å². The molecule has 0 saturated heterocycles. The fourth-order valence-electron chi connectivity index (χ4n) is 1.45. The average molecular weight is 348 g/mol. The lowest BCUT2D eigenvalue weighted by Crippen LogP contribution is -2.31. The van der Waals surface area contributed by atoms with Crippen LogP contribution in [0.1, 0.15) is 12.0 Å². The van der Waals surface area contributed by atoms with Gasteiger partial charge in [-0.15, -0.1) is 0 Å². The highest BCUT2D eigenvalue weighted by atomic mass is 79.9. The van der Waals surface area contributed by atoms with E-state index in [2.05, 4.69) is 20.7 Å². The topological polar surface area (TPSA) is 61.5 Å². The zero-order valence-electron chi connectivity index (χ0n) is 11.0. The third kappa shape index (κ3) is 5.42. The minimum atomic E-state index is -0.536. The molecule has 4 nitrogen and oxygen atoms in total. The first kappa shape index (κ1) is 16.3. The Morgan fingerprint density at radius 3 is 2.84 bits per heavy atom. The van der Waals surface area contributed by atoms with Gasteiger partial charge in [0.15, 0.2) is 0 Å². The Bertz CT molecular complexity index is 428. The molecule has 0 aliphatic rings. The van der Waals surface area contributed by atoms with Gasteiger partial charge in [0.05, 0.1) is 14.2 Å². The summed E-state index contributed by atoms with van der Waals surface area (Å²) < 4.78 is 10.8. The number of carbonyl (C=O) groups excluding carboxylic acids is 1. The van der Waals surface area contributed by atoms with E-state index in [9.17, 15) is 4.79 Å². The molecule has 0 aliphatic carbocycles. The third-order valence-corrected chi connectivity index (χ3v) is 4.40. The van der Waals surface area contributed by atoms with E-state index in [-0.39, 0.29) is 5.97 Å². The van der Waals surface area contributed by atoms with Crippen molar-refractivity contribution in [3.63, 3.8) is 0 Å². The molecule has 0 aliphatic heterocycles. The molecule has 0 heterocycles. The van der Waals surface area contributed by atoms with Crippen LogP contribution in [0.4, 0.5) is 0 Å². The van der Waals surface area contributed by atoms with Gasteiger partial charge in [0.2, 0.25) is 0 Å². The summed E-state index contributed by atoms with van der Waals surface area (Å²) in [6.45, 7) is 0. The largest absolute Gasteiger partial charge is 0.497 e. The van der Waals surface area contributed by atoms with Crippen molar-refractivity contribution < 1.29 is 14.3 Å². The molecule has 1 rings (SSSR count). The summed E-state index contributed by atoms with van der Waals surface area (Å²) in [4.78, 5) is 11.1. The van der Waals surface area contributed by atoms with Gasteiger partial charge in [0.1, 0.15) is 11.8 Å². The van der Waals surface area contributed by atoms with Crippen molar-refractivity contribution in [3.8, 4) is 5.75 Å². The summed E-state index contributed by atoms with van der Waals surface area (Å²) >= 11 is 5.23. The summed E-state index contributed by atoms with van der Waals surface area (Å²) in [5.74, 6) is 2.12. The first-order valence-electron chi connectivity index (χ1n) is 5.82. The zero-order valence-corrected chi connectivity index (χ0v) is 13.4. The maximum atomic E-state index is 11.1. The SMILES string of the molecule is COC(=O)C(N)CCSCc1cc(OC)ccc1Br. The van der Waals surface area contributed by atoms with E-state index < -0.39 is 6.04 Å². The van der Waals surface area contributed by atoms with Gasteiger partial charge in [-0.25, -0.2) is 0 Å². The van der Waals surface area contributed by atoms with Gasteiger partial charge in [-0.05, 0) is 35.9 Å². The Morgan fingerprint density at radius 2 is 2.21 bits per heavy atom. The van der Waals surface area contributed by atoms with Crippen molar-refractivity contribution in [1.82, 2.24) is 0 Å². The van der Waals surface area contributed by atoms with Crippen molar-refractivity contribution in [1.29, 1.82) is 0 Å². The lowest BCUT2D eigenvalue weighted by Gasteiger charge is -2.10. The Kier molecular flexibility index (Phi) is 7.27. The van der Waals surface area contributed by atoms with Crippen LogP contribution in [0, 0.1) is 0 Å². The van der Waals surface area contributed by atoms with E-state index >= 15 is 0 Å². The van der Waals surface area contributed by atoms with Gasteiger partial charge in [0.25, 0.3) is 0 Å². The number of methoxy groups -OCH3 is 2. The number of ether oxygens (including phenoxy) is 2. The first-order valence-corrected chi connectivity index (χ1v) is 7.76. The fourth-order valence-corrected chi connectivity index (χ4v) is 3.05. The number of hydrogen-bond acceptors (Lipinski definition) is 5. The molecule has 0 fully saturated rings. The smallest absolute Gasteiger partial charge is 0.322 e. The van der Waals surface area contributed by atoms with Crippen LogP contribution < -0.4 is 10.5 Å². The van der Waals surface area contributed by atoms with Gasteiger partial charge in [-0.3, -0.25) is 4.79 Å². The van der Waals surface area contributed by atoms with E-state index in [1.807, 2.05) is 18.2 Å². The molecular formula is C13H18BrNO3S. The minimum Gasteiger partial charge on any atom is -0.497 e. The van der Waals surface area contributed by atoms with Gasteiger partial charge in [-0.1, -0.05) is 15.9 Å². The number of benzene rings is 1. The van der Waals surface area contributed by atoms with Crippen molar-refractivity contribution >= 4 is 33.7 Å². The number of thioether (sulfide) groups is 1. The van der Waals surface area contributed by atoms with Gasteiger partial charge >= 0.3 is 5.97 Å². The Balaban J connectivity index is 2.39. The Morgan fingerprint density at radius 1 is 1.47 bits per heavy atom. The molecule has 0 amide bonds. The summed E-state index contributed by atoms with van der Waals surface area (Å²) in [5.41, 5.74) is 6.83. The van der Waals surface area contributed by atoms with Crippen LogP contribution in [0.25, 0.3) is 0 Å². The number of nitrogens with two attached hydrogens (primary N) is 1. The van der Waals surface area contributed by atoms with E-state index in [1.165, 1.54) is 7.11 Å². The third-order valence-electron chi connectivity index (χ3n) is 2.59. The van der Waals surface area contributed by atoms with Crippen LogP contribution in [-0.4, -0.2) is 32.0 Å². The van der Waals surface area contributed by atoms with Crippen LogP contribution in [-0.2, 0) is 15.3 Å². The molecule has 1 aromatic carbocycles. The molecule has 19 heavy (non-hydrogen) atoms. The van der Waals surface area contributed by atoms with Crippen molar-refractivity contribution in [2.75, 3.05) is 20.0 Å². The second-order valence-corrected chi connectivity index (χ2v) is 5.89. The van der Waals surface area contributed by atoms with E-state index in [0.717, 1.165) is 27.3 Å². The molecular weight excluding hydrogens is 330 g/mol. The summed E-state index contributed by atoms with van der Waals surface area (Å²) in [6, 6.07) is 5.34. The first-order chi connectivity index (χ1) is 9.08. The molecule has 106 valence electrons. The van der Waals surface area contributed by atoms with E-state index in [1.54, 1.807) is 18.9 Å². The predicted octanol–water partition coefficient (Wildman–Crippen LogP) is 2.58. The highest BCUT2D eigenvalue weighted by Crippen LogP contribution is 2.26. The number of rotatable bonds is 7.